The molecule has 0 aliphatic rings. The second-order valence-corrected chi connectivity index (χ2v) is 6.71. The number of aromatic nitrogens is 2. The summed E-state index contributed by atoms with van der Waals surface area (Å²) in [5.41, 5.74) is -0.0502. The highest BCUT2D eigenvalue weighted by Crippen LogP contribution is 2.28. The van der Waals surface area contributed by atoms with Gasteiger partial charge in [0.25, 0.3) is 10.0 Å². The summed E-state index contributed by atoms with van der Waals surface area (Å²) in [4.78, 5) is 7.41. The smallest absolute Gasteiger partial charge is 0.262 e. The lowest BCUT2D eigenvalue weighted by Gasteiger charge is -2.10. The minimum Gasteiger partial charge on any atom is -0.274 e. The lowest BCUT2D eigenvalue weighted by molar-refractivity contribution is 0.601. The predicted molar refractivity (Wildman–Crippen MR) is 77.0 cm³/mol. The van der Waals surface area contributed by atoms with Crippen LogP contribution >= 0.6 is 39.1 Å². The van der Waals surface area contributed by atoms with Gasteiger partial charge in [-0.3, -0.25) is 4.72 Å². The van der Waals surface area contributed by atoms with E-state index in [2.05, 4.69) is 30.6 Å². The van der Waals surface area contributed by atoms with Crippen molar-refractivity contribution < 1.29 is 8.42 Å². The molecule has 0 atom stereocenters. The summed E-state index contributed by atoms with van der Waals surface area (Å²) in [6.45, 7) is 0. The number of hydrogen-bond acceptors (Lipinski definition) is 4. The minimum atomic E-state index is -3.81. The van der Waals surface area contributed by atoms with Gasteiger partial charge in [-0.15, -0.1) is 0 Å². The number of benzene rings is 1. The fourth-order valence-corrected chi connectivity index (χ4v) is 3.45. The quantitative estimate of drug-likeness (QED) is 0.826. The molecule has 0 unspecified atom stereocenters. The summed E-state index contributed by atoms with van der Waals surface area (Å²) in [7, 11) is -3.81. The Morgan fingerprint density at radius 3 is 2.37 bits per heavy atom. The van der Waals surface area contributed by atoms with Gasteiger partial charge in [-0.25, -0.2) is 18.4 Å². The maximum Gasteiger partial charge on any atom is 0.262 e. The Morgan fingerprint density at radius 2 is 1.79 bits per heavy atom. The molecule has 2 rings (SSSR count). The number of sulfonamides is 1. The molecule has 0 fully saturated rings. The largest absolute Gasteiger partial charge is 0.274 e. The van der Waals surface area contributed by atoms with Gasteiger partial charge in [-0.05, 0) is 18.2 Å². The molecule has 1 N–H and O–H groups in total. The number of rotatable bonds is 3. The first-order valence-electron chi connectivity index (χ1n) is 4.84. The molecule has 2 aromatic rings. The van der Waals surface area contributed by atoms with E-state index >= 15 is 0 Å². The SMILES string of the molecule is O=S(=O)(Nc1c(Cl)ncnc1Cl)c1cccc(Br)c1. The highest BCUT2D eigenvalue weighted by atomic mass is 79.9. The molecule has 0 radical (unpaired) electrons. The van der Waals surface area contributed by atoms with Gasteiger partial charge in [-0.2, -0.15) is 0 Å². The van der Waals surface area contributed by atoms with Crippen LogP contribution in [-0.4, -0.2) is 18.4 Å². The van der Waals surface area contributed by atoms with Crippen LogP contribution in [0.1, 0.15) is 0 Å². The van der Waals surface area contributed by atoms with Crippen molar-refractivity contribution in [1.82, 2.24) is 9.97 Å². The Hall–Kier alpha value is -0.890. The van der Waals surface area contributed by atoms with E-state index in [0.29, 0.717) is 4.47 Å². The number of nitrogens with one attached hydrogen (secondary N) is 1. The summed E-state index contributed by atoms with van der Waals surface area (Å²) in [5.74, 6) is 0. The van der Waals surface area contributed by atoms with E-state index < -0.39 is 10.0 Å². The van der Waals surface area contributed by atoms with Crippen molar-refractivity contribution in [2.24, 2.45) is 0 Å². The van der Waals surface area contributed by atoms with Gasteiger partial charge in [0.2, 0.25) is 0 Å². The van der Waals surface area contributed by atoms with Crippen LogP contribution in [0.3, 0.4) is 0 Å². The Kier molecular flexibility index (Phi) is 4.29. The van der Waals surface area contributed by atoms with E-state index in [-0.39, 0.29) is 20.9 Å². The van der Waals surface area contributed by atoms with Gasteiger partial charge in [0.05, 0.1) is 4.90 Å². The van der Waals surface area contributed by atoms with E-state index in [0.717, 1.165) is 6.33 Å². The summed E-state index contributed by atoms with van der Waals surface area (Å²) in [6, 6.07) is 6.21. The molecule has 0 spiro atoms. The highest BCUT2D eigenvalue weighted by Gasteiger charge is 2.19. The first-order chi connectivity index (χ1) is 8.90. The van der Waals surface area contributed by atoms with Crippen molar-refractivity contribution in [3.05, 3.63) is 45.4 Å². The number of anilines is 1. The fourth-order valence-electron chi connectivity index (χ4n) is 1.26. The minimum absolute atomic E-state index is 0.0502. The third-order valence-electron chi connectivity index (χ3n) is 2.10. The van der Waals surface area contributed by atoms with E-state index in [4.69, 9.17) is 23.2 Å². The van der Waals surface area contributed by atoms with Crippen LogP contribution in [0.25, 0.3) is 0 Å². The van der Waals surface area contributed by atoms with Gasteiger partial charge in [-0.1, -0.05) is 45.2 Å². The van der Waals surface area contributed by atoms with Crippen molar-refractivity contribution >= 4 is 54.8 Å². The van der Waals surface area contributed by atoms with Crippen LogP contribution in [0.5, 0.6) is 0 Å². The van der Waals surface area contributed by atoms with Gasteiger partial charge >= 0.3 is 0 Å². The topological polar surface area (TPSA) is 72.0 Å². The van der Waals surface area contributed by atoms with Crippen molar-refractivity contribution in [1.29, 1.82) is 0 Å². The Morgan fingerprint density at radius 1 is 1.16 bits per heavy atom. The molecule has 0 bridgehead atoms. The Labute approximate surface area is 128 Å². The molecule has 0 amide bonds. The van der Waals surface area contributed by atoms with Gasteiger partial charge < -0.3 is 0 Å². The zero-order valence-electron chi connectivity index (χ0n) is 9.14. The third-order valence-corrected chi connectivity index (χ3v) is 4.51. The monoisotopic (exact) mass is 381 g/mol. The predicted octanol–water partition coefficient (Wildman–Crippen LogP) is 3.35. The van der Waals surface area contributed by atoms with Gasteiger partial charge in [0, 0.05) is 4.47 Å². The fraction of sp³-hybridized carbons (Fsp3) is 0. The maximum absolute atomic E-state index is 12.2. The number of hydrogen-bond donors (Lipinski definition) is 1. The lowest BCUT2D eigenvalue weighted by Crippen LogP contribution is -2.14. The zero-order valence-corrected chi connectivity index (χ0v) is 13.1. The number of nitrogens with zero attached hydrogens (tertiary/aromatic N) is 2. The molecule has 0 aliphatic heterocycles. The van der Waals surface area contributed by atoms with Crippen LogP contribution < -0.4 is 4.72 Å². The second kappa shape index (κ2) is 5.62. The Balaban J connectivity index is 2.42. The third kappa shape index (κ3) is 3.36. The van der Waals surface area contributed by atoms with Crippen LogP contribution in [0, 0.1) is 0 Å². The van der Waals surface area contributed by atoms with E-state index in [1.165, 1.54) is 12.1 Å². The summed E-state index contributed by atoms with van der Waals surface area (Å²) < 4.78 is 27.2. The first-order valence-corrected chi connectivity index (χ1v) is 7.88. The molecule has 100 valence electrons. The molecule has 0 saturated heterocycles. The molecule has 5 nitrogen and oxygen atoms in total. The van der Waals surface area contributed by atoms with E-state index in [1.54, 1.807) is 12.1 Å². The molecule has 0 saturated carbocycles. The van der Waals surface area contributed by atoms with Gasteiger partial charge in [0.1, 0.15) is 12.0 Å². The van der Waals surface area contributed by atoms with Crippen molar-refractivity contribution in [3.63, 3.8) is 0 Å². The average Bonchev–Trinajstić information content (AvgIpc) is 2.34. The second-order valence-electron chi connectivity index (χ2n) is 3.39. The molecular formula is C10H6BrCl2N3O2S. The number of halogens is 3. The van der Waals surface area contributed by atoms with Crippen LogP contribution in [0.4, 0.5) is 5.69 Å². The maximum atomic E-state index is 12.2. The highest BCUT2D eigenvalue weighted by molar-refractivity contribution is 9.10. The van der Waals surface area contributed by atoms with Crippen molar-refractivity contribution in [2.45, 2.75) is 4.90 Å². The van der Waals surface area contributed by atoms with Crippen LogP contribution in [0.2, 0.25) is 10.3 Å². The summed E-state index contributed by atoms with van der Waals surface area (Å²) >= 11 is 14.8. The molecule has 1 aromatic heterocycles. The normalized spacial score (nSPS) is 11.3. The summed E-state index contributed by atoms with van der Waals surface area (Å²) in [5, 5.41) is -0.142. The molecule has 0 aliphatic carbocycles. The molecule has 1 aromatic carbocycles. The zero-order chi connectivity index (χ0) is 14.0. The molecule has 9 heteroatoms. The first kappa shape index (κ1) is 14.5. The van der Waals surface area contributed by atoms with Crippen molar-refractivity contribution in [2.75, 3.05) is 4.72 Å². The molecule has 1 heterocycles. The van der Waals surface area contributed by atoms with E-state index in [1.807, 2.05) is 0 Å². The summed E-state index contributed by atoms with van der Waals surface area (Å²) in [6.07, 6.45) is 1.14. The average molecular weight is 383 g/mol. The lowest BCUT2D eigenvalue weighted by atomic mass is 10.4. The van der Waals surface area contributed by atoms with Crippen LogP contribution in [0.15, 0.2) is 40.0 Å². The molecule has 19 heavy (non-hydrogen) atoms. The van der Waals surface area contributed by atoms with Crippen LogP contribution in [-0.2, 0) is 10.0 Å². The van der Waals surface area contributed by atoms with E-state index in [9.17, 15) is 8.42 Å². The standard InChI is InChI=1S/C10H6BrCl2N3O2S/c11-6-2-1-3-7(4-6)19(17,18)16-8-9(12)14-5-15-10(8)13/h1-5,16H. The Bertz CT molecular complexity index is 704. The van der Waals surface area contributed by atoms with Gasteiger partial charge in [0.15, 0.2) is 10.3 Å². The molecular weight excluding hydrogens is 377 g/mol. The van der Waals surface area contributed by atoms with Crippen molar-refractivity contribution in [3.8, 4) is 0 Å².